The van der Waals surface area contributed by atoms with E-state index in [9.17, 15) is 0 Å². The van der Waals surface area contributed by atoms with Crippen LogP contribution in [-0.2, 0) is 0 Å². The first-order valence-electron chi connectivity index (χ1n) is 7.75. The topological polar surface area (TPSA) is 61.0 Å². The van der Waals surface area contributed by atoms with Gasteiger partial charge in [-0.05, 0) is 56.9 Å². The number of pyridine rings is 2. The Hall–Kier alpha value is -1.65. The lowest BCUT2D eigenvalue weighted by molar-refractivity contribution is 0.221. The molecule has 2 heterocycles. The van der Waals surface area contributed by atoms with Gasteiger partial charge in [0, 0.05) is 29.1 Å². The smallest absolute Gasteiger partial charge is 0.216 e. The Kier molecular flexibility index (Phi) is 5.60. The Bertz CT molecular complexity index is 668. The number of hydrogen-bond donors (Lipinski definition) is 1. The van der Waals surface area contributed by atoms with Crippen molar-refractivity contribution < 1.29 is 4.74 Å². The second-order valence-electron chi connectivity index (χ2n) is 6.82. The lowest BCUT2D eigenvalue weighted by Gasteiger charge is -2.23. The second-order valence-corrected chi connectivity index (χ2v) is 7.21. The first-order chi connectivity index (χ1) is 10.7. The molecule has 0 fully saturated rings. The highest BCUT2D eigenvalue weighted by atomic mass is 35.5. The van der Waals surface area contributed by atoms with Gasteiger partial charge in [0.2, 0.25) is 5.88 Å². The SMILES string of the molecule is Cc1cc(-c2ccnc(Cl)c2)cnc1OC[C@@H](C)CC(C)(C)N. The predicted molar refractivity (Wildman–Crippen MR) is 94.8 cm³/mol. The highest BCUT2D eigenvalue weighted by molar-refractivity contribution is 6.29. The fourth-order valence-electron chi connectivity index (χ4n) is 2.63. The molecule has 2 rings (SSSR count). The number of ether oxygens (including phenoxy) is 1. The van der Waals surface area contributed by atoms with Crippen molar-refractivity contribution in [1.82, 2.24) is 9.97 Å². The molecule has 0 aliphatic carbocycles. The summed E-state index contributed by atoms with van der Waals surface area (Å²) in [5, 5.41) is 0.471. The van der Waals surface area contributed by atoms with Crippen LogP contribution in [0.4, 0.5) is 0 Å². The van der Waals surface area contributed by atoms with Crippen molar-refractivity contribution in [3.05, 3.63) is 41.3 Å². The molecule has 124 valence electrons. The molecule has 2 aromatic heterocycles. The fourth-order valence-corrected chi connectivity index (χ4v) is 2.81. The Morgan fingerprint density at radius 1 is 1.26 bits per heavy atom. The van der Waals surface area contributed by atoms with E-state index in [1.807, 2.05) is 39.0 Å². The molecule has 0 spiro atoms. The summed E-state index contributed by atoms with van der Waals surface area (Å²) in [6, 6.07) is 5.78. The van der Waals surface area contributed by atoms with Crippen LogP contribution < -0.4 is 10.5 Å². The van der Waals surface area contributed by atoms with Crippen molar-refractivity contribution in [2.75, 3.05) is 6.61 Å². The molecule has 0 saturated heterocycles. The van der Waals surface area contributed by atoms with E-state index in [0.29, 0.717) is 23.6 Å². The molecule has 1 atom stereocenters. The van der Waals surface area contributed by atoms with Gasteiger partial charge < -0.3 is 10.5 Å². The maximum Gasteiger partial charge on any atom is 0.216 e. The summed E-state index contributed by atoms with van der Waals surface area (Å²) in [6.45, 7) is 8.79. The van der Waals surface area contributed by atoms with Gasteiger partial charge in [0.25, 0.3) is 0 Å². The van der Waals surface area contributed by atoms with E-state index in [0.717, 1.165) is 23.1 Å². The lowest BCUT2D eigenvalue weighted by atomic mass is 9.93. The van der Waals surface area contributed by atoms with Crippen LogP contribution in [0.25, 0.3) is 11.1 Å². The van der Waals surface area contributed by atoms with E-state index in [1.165, 1.54) is 0 Å². The van der Waals surface area contributed by atoms with Crippen LogP contribution in [0.1, 0.15) is 32.8 Å². The number of halogens is 1. The molecule has 0 saturated carbocycles. The van der Waals surface area contributed by atoms with Crippen LogP contribution in [0.5, 0.6) is 5.88 Å². The fraction of sp³-hybridized carbons (Fsp3) is 0.444. The first-order valence-corrected chi connectivity index (χ1v) is 8.12. The molecular formula is C18H24ClN3O. The average Bonchev–Trinajstić information content (AvgIpc) is 2.44. The van der Waals surface area contributed by atoms with Crippen LogP contribution in [-0.4, -0.2) is 22.1 Å². The van der Waals surface area contributed by atoms with E-state index in [-0.39, 0.29) is 5.54 Å². The molecule has 5 heteroatoms. The van der Waals surface area contributed by atoms with Gasteiger partial charge in [-0.1, -0.05) is 18.5 Å². The Morgan fingerprint density at radius 2 is 2.00 bits per heavy atom. The quantitative estimate of drug-likeness (QED) is 0.803. The number of aryl methyl sites for hydroxylation is 1. The van der Waals surface area contributed by atoms with Crippen molar-refractivity contribution in [3.63, 3.8) is 0 Å². The van der Waals surface area contributed by atoms with Crippen molar-refractivity contribution >= 4 is 11.6 Å². The van der Waals surface area contributed by atoms with Crippen molar-refractivity contribution in [1.29, 1.82) is 0 Å². The molecule has 0 radical (unpaired) electrons. The minimum atomic E-state index is -0.185. The number of rotatable bonds is 6. The number of nitrogens with zero attached hydrogens (tertiary/aromatic N) is 2. The van der Waals surface area contributed by atoms with Crippen LogP contribution >= 0.6 is 11.6 Å². The summed E-state index contributed by atoms with van der Waals surface area (Å²) in [5.74, 6) is 1.03. The molecule has 0 aromatic carbocycles. The van der Waals surface area contributed by atoms with E-state index < -0.39 is 0 Å². The Labute approximate surface area is 143 Å². The Morgan fingerprint density at radius 3 is 2.61 bits per heavy atom. The number of nitrogens with two attached hydrogens (primary N) is 1. The standard InChI is InChI=1S/C18H24ClN3O/c1-12(9-18(3,4)20)11-23-17-13(2)7-15(10-22-17)14-5-6-21-16(19)8-14/h5-8,10,12H,9,11,20H2,1-4H3/t12-/m0/s1. The highest BCUT2D eigenvalue weighted by Gasteiger charge is 2.16. The molecular weight excluding hydrogens is 310 g/mol. The zero-order valence-electron chi connectivity index (χ0n) is 14.1. The van der Waals surface area contributed by atoms with Crippen LogP contribution in [0.15, 0.2) is 30.6 Å². The molecule has 0 bridgehead atoms. The van der Waals surface area contributed by atoms with Gasteiger partial charge in [0.1, 0.15) is 5.15 Å². The van der Waals surface area contributed by atoms with Crippen molar-refractivity contribution in [3.8, 4) is 17.0 Å². The van der Waals surface area contributed by atoms with E-state index in [2.05, 4.69) is 16.9 Å². The van der Waals surface area contributed by atoms with Crippen molar-refractivity contribution in [2.24, 2.45) is 11.7 Å². The van der Waals surface area contributed by atoms with E-state index in [1.54, 1.807) is 12.4 Å². The average molecular weight is 334 g/mol. The molecule has 2 aromatic rings. The molecule has 4 nitrogen and oxygen atoms in total. The minimum Gasteiger partial charge on any atom is -0.477 e. The zero-order valence-corrected chi connectivity index (χ0v) is 14.9. The van der Waals surface area contributed by atoms with Gasteiger partial charge in [0.15, 0.2) is 0 Å². The van der Waals surface area contributed by atoms with Crippen LogP contribution in [0, 0.1) is 12.8 Å². The highest BCUT2D eigenvalue weighted by Crippen LogP contribution is 2.25. The normalized spacial score (nSPS) is 13.0. The van der Waals surface area contributed by atoms with Gasteiger partial charge >= 0.3 is 0 Å². The predicted octanol–water partition coefficient (Wildman–Crippen LogP) is 4.25. The van der Waals surface area contributed by atoms with Gasteiger partial charge in [-0.15, -0.1) is 0 Å². The molecule has 23 heavy (non-hydrogen) atoms. The third-order valence-corrected chi connectivity index (χ3v) is 3.68. The number of aromatic nitrogens is 2. The van der Waals surface area contributed by atoms with E-state index in [4.69, 9.17) is 22.1 Å². The maximum absolute atomic E-state index is 6.04. The largest absolute Gasteiger partial charge is 0.477 e. The van der Waals surface area contributed by atoms with Gasteiger partial charge in [0.05, 0.1) is 6.61 Å². The summed E-state index contributed by atoms with van der Waals surface area (Å²) in [4.78, 5) is 8.43. The summed E-state index contributed by atoms with van der Waals surface area (Å²) >= 11 is 5.94. The molecule has 2 N–H and O–H groups in total. The summed E-state index contributed by atoms with van der Waals surface area (Å²) in [7, 11) is 0. The summed E-state index contributed by atoms with van der Waals surface area (Å²) in [5.41, 5.74) is 8.84. The third kappa shape index (κ3) is 5.48. The third-order valence-electron chi connectivity index (χ3n) is 3.47. The van der Waals surface area contributed by atoms with Crippen molar-refractivity contribution in [2.45, 2.75) is 39.7 Å². The molecule has 0 unspecified atom stereocenters. The summed E-state index contributed by atoms with van der Waals surface area (Å²) < 4.78 is 5.85. The number of hydrogen-bond acceptors (Lipinski definition) is 4. The summed E-state index contributed by atoms with van der Waals surface area (Å²) in [6.07, 6.45) is 4.39. The van der Waals surface area contributed by atoms with Gasteiger partial charge in [-0.25, -0.2) is 9.97 Å². The monoisotopic (exact) mass is 333 g/mol. The second kappa shape index (κ2) is 7.28. The molecule has 0 amide bonds. The molecule has 0 aliphatic heterocycles. The Balaban J connectivity index is 2.05. The van der Waals surface area contributed by atoms with E-state index >= 15 is 0 Å². The first kappa shape index (κ1) is 17.7. The van der Waals surface area contributed by atoms with Gasteiger partial charge in [-0.3, -0.25) is 0 Å². The zero-order chi connectivity index (χ0) is 17.0. The maximum atomic E-state index is 6.04. The molecule has 0 aliphatic rings. The van der Waals surface area contributed by atoms with Crippen LogP contribution in [0.3, 0.4) is 0 Å². The van der Waals surface area contributed by atoms with Crippen LogP contribution in [0.2, 0.25) is 5.15 Å². The van der Waals surface area contributed by atoms with Gasteiger partial charge in [-0.2, -0.15) is 0 Å². The minimum absolute atomic E-state index is 0.185. The lowest BCUT2D eigenvalue weighted by Crippen LogP contribution is -2.35.